The second-order valence-corrected chi connectivity index (χ2v) is 12.4. The molecular weight excluding hydrogens is 520 g/mol. The first-order valence-electron chi connectivity index (χ1n) is 13.1. The number of benzene rings is 1. The number of hydrogen-bond donors (Lipinski definition) is 2. The molecule has 10 nitrogen and oxygen atoms in total. The highest BCUT2D eigenvalue weighted by Gasteiger charge is 2.34. The summed E-state index contributed by atoms with van der Waals surface area (Å²) in [6.45, 7) is 15.4. The molecule has 0 aromatic heterocycles. The van der Waals surface area contributed by atoms with Crippen molar-refractivity contribution in [1.82, 2.24) is 10.6 Å². The lowest BCUT2D eigenvalue weighted by molar-refractivity contribution is -0.163. The van der Waals surface area contributed by atoms with E-state index in [1.54, 1.807) is 68.4 Å². The normalized spacial score (nSPS) is 13.3. The second kappa shape index (κ2) is 14.1. The van der Waals surface area contributed by atoms with Crippen LogP contribution in [0.3, 0.4) is 0 Å². The molecule has 0 saturated heterocycles. The lowest BCUT2D eigenvalue weighted by Gasteiger charge is -2.29. The summed E-state index contributed by atoms with van der Waals surface area (Å²) in [6, 6.07) is 3.95. The molecular formula is C29H42FN3O7. The second-order valence-electron chi connectivity index (χ2n) is 12.4. The van der Waals surface area contributed by atoms with Crippen LogP contribution in [0.4, 0.5) is 9.18 Å². The van der Waals surface area contributed by atoms with Gasteiger partial charge in [0.15, 0.2) is 0 Å². The molecule has 2 atom stereocenters. The standard InChI is InChI=1S/C29H42FN3O7/c1-27(2,3)38-24(35)19(11-10-14-32-23(34)18-12-13-21(30)20(15-18)17-31)16-22(25(36)39-28(4,5)6)33-26(37)40-29(7,8)9/h12-13,15,19,22H,10-11,14,16H2,1-9H3,(H,32,34)(H,33,37)/t19-,22-/m0/s1/i30-1. The average Bonchev–Trinajstić information content (AvgIpc) is 2.76. The monoisotopic (exact) mass is 562 g/mol. The smallest absolute Gasteiger partial charge is 0.408 e. The topological polar surface area (TPSA) is 144 Å². The number of alkyl carbamates (subject to hydrolysis) is 1. The average molecular weight is 563 g/mol. The fourth-order valence-electron chi connectivity index (χ4n) is 3.44. The first kappa shape index (κ1) is 34.3. The minimum absolute atomic E-state index is 0.119. The van der Waals surface area contributed by atoms with Gasteiger partial charge in [-0.3, -0.25) is 9.59 Å². The van der Waals surface area contributed by atoms with Gasteiger partial charge in [0.2, 0.25) is 0 Å². The molecule has 1 rings (SSSR count). The van der Waals surface area contributed by atoms with E-state index in [0.717, 1.165) is 12.1 Å². The predicted molar refractivity (Wildman–Crippen MR) is 146 cm³/mol. The Morgan fingerprint density at radius 1 is 0.900 bits per heavy atom. The van der Waals surface area contributed by atoms with Gasteiger partial charge < -0.3 is 24.8 Å². The number of esters is 2. The molecule has 2 N–H and O–H groups in total. The minimum Gasteiger partial charge on any atom is -0.460 e. The van der Waals surface area contributed by atoms with Gasteiger partial charge in [0.05, 0.1) is 11.5 Å². The van der Waals surface area contributed by atoms with Crippen LogP contribution in [0.25, 0.3) is 0 Å². The maximum atomic E-state index is 13.6. The van der Waals surface area contributed by atoms with Gasteiger partial charge in [-0.1, -0.05) is 0 Å². The molecule has 0 bridgehead atoms. The van der Waals surface area contributed by atoms with Gasteiger partial charge in [0.25, 0.3) is 5.91 Å². The lowest BCUT2D eigenvalue weighted by Crippen LogP contribution is -2.47. The molecule has 0 aliphatic carbocycles. The number of carbonyl (C=O) groups excluding carboxylic acids is 4. The highest BCUT2D eigenvalue weighted by atomic mass is 18.2. The van der Waals surface area contributed by atoms with Crippen LogP contribution in [0.1, 0.15) is 97.5 Å². The molecule has 1 aromatic carbocycles. The molecule has 0 unspecified atom stereocenters. The summed E-state index contributed by atoms with van der Waals surface area (Å²) in [7, 11) is 0. The van der Waals surface area contributed by atoms with Crippen molar-refractivity contribution in [2.75, 3.05) is 6.54 Å². The van der Waals surface area contributed by atoms with E-state index >= 15 is 0 Å². The first-order valence-corrected chi connectivity index (χ1v) is 13.1. The zero-order chi connectivity index (χ0) is 30.9. The first-order chi connectivity index (χ1) is 18.2. The number of nitriles is 1. The summed E-state index contributed by atoms with van der Waals surface area (Å²) < 4.78 is 29.9. The van der Waals surface area contributed by atoms with E-state index in [2.05, 4.69) is 10.6 Å². The highest BCUT2D eigenvalue weighted by Crippen LogP contribution is 2.22. The number of carbonyl (C=O) groups is 4. The number of hydrogen-bond acceptors (Lipinski definition) is 8. The van der Waals surface area contributed by atoms with Crippen LogP contribution >= 0.6 is 0 Å². The Hall–Kier alpha value is -3.68. The van der Waals surface area contributed by atoms with Gasteiger partial charge in [-0.05, 0) is 99.8 Å². The fourth-order valence-corrected chi connectivity index (χ4v) is 3.44. The van der Waals surface area contributed by atoms with Crippen LogP contribution < -0.4 is 10.6 Å². The summed E-state index contributed by atoms with van der Waals surface area (Å²) in [5.41, 5.74) is -2.59. The minimum atomic E-state index is -1.20. The van der Waals surface area contributed by atoms with E-state index in [1.807, 2.05) is 0 Å². The summed E-state index contributed by atoms with van der Waals surface area (Å²) in [5.74, 6) is -3.37. The van der Waals surface area contributed by atoms with E-state index in [4.69, 9.17) is 19.5 Å². The number of ether oxygens (including phenoxy) is 3. The maximum Gasteiger partial charge on any atom is 0.408 e. The van der Waals surface area contributed by atoms with Gasteiger partial charge in [-0.25, -0.2) is 14.0 Å². The predicted octanol–water partition coefficient (Wildman–Crippen LogP) is 4.79. The van der Waals surface area contributed by atoms with Crippen LogP contribution in [0, 0.1) is 23.1 Å². The van der Waals surface area contributed by atoms with E-state index in [1.165, 1.54) is 6.07 Å². The van der Waals surface area contributed by atoms with Gasteiger partial charge in [-0.15, -0.1) is 0 Å². The zero-order valence-corrected chi connectivity index (χ0v) is 24.9. The molecule has 0 radical (unpaired) electrons. The van der Waals surface area contributed by atoms with Crippen molar-refractivity contribution in [2.24, 2.45) is 5.92 Å². The quantitative estimate of drug-likeness (QED) is 0.235. The Morgan fingerprint density at radius 2 is 1.45 bits per heavy atom. The molecule has 0 heterocycles. The van der Waals surface area contributed by atoms with Crippen molar-refractivity contribution in [3.8, 4) is 6.07 Å². The van der Waals surface area contributed by atoms with E-state index in [-0.39, 0.29) is 30.5 Å². The fraction of sp³-hybridized carbons (Fsp3) is 0.621. The van der Waals surface area contributed by atoms with Gasteiger partial charge in [0, 0.05) is 12.1 Å². The number of nitrogens with zero attached hydrogens (tertiary/aromatic N) is 1. The summed E-state index contributed by atoms with van der Waals surface area (Å²) in [6.07, 6.45) is -0.442. The number of amides is 2. The van der Waals surface area contributed by atoms with Gasteiger partial charge in [0.1, 0.15) is 34.7 Å². The number of rotatable bonds is 10. The van der Waals surface area contributed by atoms with Gasteiger partial charge >= 0.3 is 18.0 Å². The number of nitrogens with one attached hydrogen (secondary N) is 2. The van der Waals surface area contributed by atoms with E-state index in [9.17, 15) is 23.6 Å². The van der Waals surface area contributed by atoms with Gasteiger partial charge in [-0.2, -0.15) is 5.26 Å². The molecule has 0 spiro atoms. The molecule has 0 aliphatic rings. The van der Waals surface area contributed by atoms with E-state index in [0.29, 0.717) is 6.42 Å². The number of halogens is 1. The van der Waals surface area contributed by atoms with Crippen molar-refractivity contribution >= 4 is 23.9 Å². The maximum absolute atomic E-state index is 13.6. The lowest BCUT2D eigenvalue weighted by atomic mass is 9.94. The van der Waals surface area contributed by atoms with Crippen molar-refractivity contribution in [1.29, 1.82) is 5.26 Å². The summed E-state index contributed by atoms with van der Waals surface area (Å²) in [5, 5.41) is 14.2. The van der Waals surface area contributed by atoms with Crippen LogP contribution in [-0.2, 0) is 23.8 Å². The SMILES string of the molecule is CC(C)(C)OC(=O)N[C@@H](C[C@H](CCCNC(=O)c1ccc([18F])c(C#N)c1)C(=O)OC(C)(C)C)C(=O)OC(C)(C)C. The third-order valence-corrected chi connectivity index (χ3v) is 5.01. The molecule has 1 aromatic rings. The molecule has 0 saturated carbocycles. The van der Waals surface area contributed by atoms with Crippen LogP contribution in [0.2, 0.25) is 0 Å². The molecule has 222 valence electrons. The highest BCUT2D eigenvalue weighted by molar-refractivity contribution is 5.94. The third kappa shape index (κ3) is 13.4. The van der Waals surface area contributed by atoms with Crippen molar-refractivity contribution in [2.45, 2.75) is 104 Å². The van der Waals surface area contributed by atoms with Crippen molar-refractivity contribution in [3.63, 3.8) is 0 Å². The summed E-state index contributed by atoms with van der Waals surface area (Å²) in [4.78, 5) is 51.1. The largest absolute Gasteiger partial charge is 0.460 e. The Bertz CT molecular complexity index is 1110. The zero-order valence-electron chi connectivity index (χ0n) is 24.9. The Labute approximate surface area is 235 Å². The molecule has 11 heteroatoms. The molecule has 0 aliphatic heterocycles. The molecule has 0 fully saturated rings. The van der Waals surface area contributed by atoms with E-state index < -0.39 is 58.5 Å². The van der Waals surface area contributed by atoms with Crippen LogP contribution in [0.5, 0.6) is 0 Å². The Balaban J connectivity index is 3.04. The summed E-state index contributed by atoms with van der Waals surface area (Å²) >= 11 is 0. The van der Waals surface area contributed by atoms with Crippen LogP contribution in [-0.4, -0.2) is 53.3 Å². The van der Waals surface area contributed by atoms with Crippen molar-refractivity contribution in [3.05, 3.63) is 35.1 Å². The third-order valence-electron chi connectivity index (χ3n) is 5.01. The Morgan fingerprint density at radius 3 is 1.98 bits per heavy atom. The molecule has 2 amide bonds. The Kier molecular flexibility index (Phi) is 12.1. The van der Waals surface area contributed by atoms with Crippen LogP contribution in [0.15, 0.2) is 18.2 Å². The molecule has 40 heavy (non-hydrogen) atoms. The van der Waals surface area contributed by atoms with Crippen molar-refractivity contribution < 1.29 is 37.8 Å².